The van der Waals surface area contributed by atoms with E-state index in [2.05, 4.69) is 10.1 Å². The van der Waals surface area contributed by atoms with E-state index in [0.717, 1.165) is 30.9 Å². The minimum atomic E-state index is -0.112. The van der Waals surface area contributed by atoms with Crippen molar-refractivity contribution in [1.82, 2.24) is 19.7 Å². The highest BCUT2D eigenvalue weighted by molar-refractivity contribution is 6.32. The molecule has 4 rings (SSSR count). The molecule has 2 aliphatic rings. The van der Waals surface area contributed by atoms with Crippen LogP contribution in [0.3, 0.4) is 0 Å². The normalized spacial score (nSPS) is 25.1. The predicted molar refractivity (Wildman–Crippen MR) is 101 cm³/mol. The molecule has 1 aromatic heterocycles. The summed E-state index contributed by atoms with van der Waals surface area (Å²) < 4.78 is 1.70. The number of nitrogens with two attached hydrogens (primary N) is 1. The highest BCUT2D eigenvalue weighted by Crippen LogP contribution is 2.37. The molecule has 1 saturated heterocycles. The van der Waals surface area contributed by atoms with Gasteiger partial charge in [0.1, 0.15) is 5.82 Å². The standard InChI is InChI=1S/C19H24ClN5O/c1-11(2)18-22-17(23-25(18)16-6-4-3-5-14(16)20)19(26)24-9-12-7-8-15(21)13(12)10-24/h3-6,11-13,15H,7-10,21H2,1-2H3. The lowest BCUT2D eigenvalue weighted by molar-refractivity contribution is 0.0767. The summed E-state index contributed by atoms with van der Waals surface area (Å²) in [5, 5.41) is 5.10. The lowest BCUT2D eigenvalue weighted by Crippen LogP contribution is -2.34. The molecule has 1 aliphatic heterocycles. The van der Waals surface area contributed by atoms with E-state index in [4.69, 9.17) is 17.3 Å². The summed E-state index contributed by atoms with van der Waals surface area (Å²) in [6, 6.07) is 7.68. The first-order chi connectivity index (χ1) is 12.5. The summed E-state index contributed by atoms with van der Waals surface area (Å²) in [6.45, 7) is 5.53. The van der Waals surface area contributed by atoms with Gasteiger partial charge in [0.2, 0.25) is 5.82 Å². The van der Waals surface area contributed by atoms with E-state index < -0.39 is 0 Å². The van der Waals surface area contributed by atoms with Crippen LogP contribution in [0.25, 0.3) is 5.69 Å². The zero-order chi connectivity index (χ0) is 18.4. The van der Waals surface area contributed by atoms with Gasteiger partial charge in [-0.25, -0.2) is 9.67 Å². The smallest absolute Gasteiger partial charge is 0.293 e. The number of hydrogen-bond acceptors (Lipinski definition) is 4. The van der Waals surface area contributed by atoms with Crippen molar-refractivity contribution in [3.63, 3.8) is 0 Å². The van der Waals surface area contributed by atoms with E-state index in [1.165, 1.54) is 0 Å². The minimum absolute atomic E-state index is 0.112. The first kappa shape index (κ1) is 17.5. The Hall–Kier alpha value is -1.92. The minimum Gasteiger partial charge on any atom is -0.335 e. The Morgan fingerprint density at radius 2 is 2.04 bits per heavy atom. The van der Waals surface area contributed by atoms with Gasteiger partial charge in [0.05, 0.1) is 10.7 Å². The van der Waals surface area contributed by atoms with E-state index in [9.17, 15) is 4.79 Å². The Balaban J connectivity index is 1.65. The van der Waals surface area contributed by atoms with Gasteiger partial charge in [-0.3, -0.25) is 4.79 Å². The largest absolute Gasteiger partial charge is 0.335 e. The zero-order valence-electron chi connectivity index (χ0n) is 15.1. The maximum Gasteiger partial charge on any atom is 0.293 e. The van der Waals surface area contributed by atoms with Gasteiger partial charge in [0.25, 0.3) is 5.91 Å². The van der Waals surface area contributed by atoms with E-state index in [0.29, 0.717) is 23.4 Å². The lowest BCUT2D eigenvalue weighted by atomic mass is 9.98. The number of benzene rings is 1. The van der Waals surface area contributed by atoms with Crippen LogP contribution < -0.4 is 5.73 Å². The number of carbonyl (C=O) groups is 1. The average molecular weight is 374 g/mol. The highest BCUT2D eigenvalue weighted by atomic mass is 35.5. The van der Waals surface area contributed by atoms with Crippen molar-refractivity contribution in [2.45, 2.75) is 38.6 Å². The van der Waals surface area contributed by atoms with Gasteiger partial charge in [-0.1, -0.05) is 37.6 Å². The summed E-state index contributed by atoms with van der Waals surface area (Å²) in [6.07, 6.45) is 2.17. The van der Waals surface area contributed by atoms with Crippen molar-refractivity contribution in [1.29, 1.82) is 0 Å². The number of carbonyl (C=O) groups excluding carboxylic acids is 1. The van der Waals surface area contributed by atoms with Crippen LogP contribution in [0.2, 0.25) is 5.02 Å². The molecule has 1 saturated carbocycles. The Morgan fingerprint density at radius 3 is 2.73 bits per heavy atom. The maximum absolute atomic E-state index is 13.0. The number of amides is 1. The molecule has 138 valence electrons. The third-order valence-electron chi connectivity index (χ3n) is 5.62. The molecule has 0 radical (unpaired) electrons. The molecule has 1 amide bonds. The Kier molecular flexibility index (Phi) is 4.49. The van der Waals surface area contributed by atoms with Crippen molar-refractivity contribution in [2.24, 2.45) is 17.6 Å². The van der Waals surface area contributed by atoms with E-state index >= 15 is 0 Å². The van der Waals surface area contributed by atoms with Crippen LogP contribution in [0.15, 0.2) is 24.3 Å². The van der Waals surface area contributed by atoms with Gasteiger partial charge in [-0.15, -0.1) is 5.10 Å². The molecule has 3 atom stereocenters. The summed E-state index contributed by atoms with van der Waals surface area (Å²) in [5.41, 5.74) is 6.93. The molecule has 3 unspecified atom stereocenters. The number of halogens is 1. The lowest BCUT2D eigenvalue weighted by Gasteiger charge is -2.17. The van der Waals surface area contributed by atoms with Gasteiger partial charge >= 0.3 is 0 Å². The Bertz CT molecular complexity index is 833. The molecule has 26 heavy (non-hydrogen) atoms. The molecule has 0 bridgehead atoms. The topological polar surface area (TPSA) is 77.0 Å². The first-order valence-corrected chi connectivity index (χ1v) is 9.60. The van der Waals surface area contributed by atoms with Crippen molar-refractivity contribution in [3.05, 3.63) is 40.9 Å². The number of para-hydroxylation sites is 1. The van der Waals surface area contributed by atoms with Crippen LogP contribution in [0.5, 0.6) is 0 Å². The third kappa shape index (κ3) is 2.91. The van der Waals surface area contributed by atoms with Crippen LogP contribution in [0.1, 0.15) is 49.1 Å². The molecular formula is C19H24ClN5O. The van der Waals surface area contributed by atoms with Gasteiger partial charge in [-0.2, -0.15) is 0 Å². The van der Waals surface area contributed by atoms with Crippen molar-refractivity contribution < 1.29 is 4.79 Å². The number of hydrogen-bond donors (Lipinski definition) is 1. The van der Waals surface area contributed by atoms with Gasteiger partial charge in [0.15, 0.2) is 0 Å². The molecule has 6 nitrogen and oxygen atoms in total. The SMILES string of the molecule is CC(C)c1nc(C(=O)N2CC3CCC(N)C3C2)nn1-c1ccccc1Cl. The zero-order valence-corrected chi connectivity index (χ0v) is 15.9. The third-order valence-corrected chi connectivity index (χ3v) is 5.94. The van der Waals surface area contributed by atoms with Crippen molar-refractivity contribution in [3.8, 4) is 5.69 Å². The van der Waals surface area contributed by atoms with Crippen LogP contribution >= 0.6 is 11.6 Å². The van der Waals surface area contributed by atoms with Crippen LogP contribution in [0.4, 0.5) is 0 Å². The molecular weight excluding hydrogens is 350 g/mol. The Labute approximate surface area is 158 Å². The molecule has 2 heterocycles. The summed E-state index contributed by atoms with van der Waals surface area (Å²) in [4.78, 5) is 19.4. The molecule has 2 fully saturated rings. The second-order valence-electron chi connectivity index (χ2n) is 7.69. The van der Waals surface area contributed by atoms with Gasteiger partial charge in [-0.05, 0) is 36.8 Å². The second kappa shape index (κ2) is 6.67. The molecule has 2 aromatic rings. The molecule has 0 spiro atoms. The fraction of sp³-hybridized carbons (Fsp3) is 0.526. The van der Waals surface area contributed by atoms with Crippen molar-refractivity contribution >= 4 is 17.5 Å². The van der Waals surface area contributed by atoms with Gasteiger partial charge < -0.3 is 10.6 Å². The Morgan fingerprint density at radius 1 is 1.27 bits per heavy atom. The highest BCUT2D eigenvalue weighted by Gasteiger charge is 2.43. The predicted octanol–water partition coefficient (Wildman–Crippen LogP) is 2.85. The molecule has 1 aliphatic carbocycles. The fourth-order valence-electron chi connectivity index (χ4n) is 4.20. The average Bonchev–Trinajstić information content (AvgIpc) is 3.31. The molecule has 2 N–H and O–H groups in total. The number of nitrogens with zero attached hydrogens (tertiary/aromatic N) is 4. The summed E-state index contributed by atoms with van der Waals surface area (Å²) in [7, 11) is 0. The number of fused-ring (bicyclic) bond motifs is 1. The summed E-state index contributed by atoms with van der Waals surface area (Å²) >= 11 is 6.33. The number of aromatic nitrogens is 3. The quantitative estimate of drug-likeness (QED) is 0.897. The van der Waals surface area contributed by atoms with Crippen LogP contribution in [-0.2, 0) is 0 Å². The molecule has 7 heteroatoms. The van der Waals surface area contributed by atoms with Crippen LogP contribution in [0, 0.1) is 11.8 Å². The van der Waals surface area contributed by atoms with E-state index in [1.807, 2.05) is 43.0 Å². The summed E-state index contributed by atoms with van der Waals surface area (Å²) in [5.74, 6) is 1.91. The first-order valence-electron chi connectivity index (χ1n) is 9.22. The maximum atomic E-state index is 13.0. The second-order valence-corrected chi connectivity index (χ2v) is 8.09. The monoisotopic (exact) mass is 373 g/mol. The fourth-order valence-corrected chi connectivity index (χ4v) is 4.42. The number of rotatable bonds is 3. The van der Waals surface area contributed by atoms with Crippen molar-refractivity contribution in [2.75, 3.05) is 13.1 Å². The van der Waals surface area contributed by atoms with E-state index in [-0.39, 0.29) is 23.7 Å². The number of likely N-dealkylation sites (tertiary alicyclic amines) is 1. The molecule has 1 aromatic carbocycles. The van der Waals surface area contributed by atoms with Gasteiger partial charge in [0, 0.05) is 25.0 Å². The van der Waals surface area contributed by atoms with Crippen LogP contribution in [-0.4, -0.2) is 44.7 Å². The van der Waals surface area contributed by atoms with E-state index in [1.54, 1.807) is 4.68 Å².